The molecule has 0 aromatic heterocycles. The average Bonchev–Trinajstić information content (AvgIpc) is 3.52. The number of halogens is 1. The molecule has 28 heavy (non-hydrogen) atoms. The number of para-hydroxylation sites is 1. The van der Waals surface area contributed by atoms with E-state index in [-0.39, 0.29) is 24.0 Å². The zero-order valence-electron chi connectivity index (χ0n) is 17.6. The maximum absolute atomic E-state index is 6.01. The van der Waals surface area contributed by atoms with Crippen LogP contribution in [-0.2, 0) is 6.54 Å². The van der Waals surface area contributed by atoms with Gasteiger partial charge in [-0.1, -0.05) is 18.2 Å². The van der Waals surface area contributed by atoms with Crippen molar-refractivity contribution in [1.29, 1.82) is 0 Å². The second-order valence-corrected chi connectivity index (χ2v) is 8.27. The van der Waals surface area contributed by atoms with Crippen molar-refractivity contribution >= 4 is 29.9 Å². The summed E-state index contributed by atoms with van der Waals surface area (Å²) in [6, 6.07) is 8.95. The van der Waals surface area contributed by atoms with E-state index in [0.29, 0.717) is 12.0 Å². The summed E-state index contributed by atoms with van der Waals surface area (Å²) in [5.41, 5.74) is 1.18. The van der Waals surface area contributed by atoms with Gasteiger partial charge in [0.1, 0.15) is 5.75 Å². The zero-order valence-corrected chi connectivity index (χ0v) is 19.9. The Morgan fingerprint density at radius 3 is 2.68 bits per heavy atom. The van der Waals surface area contributed by atoms with Gasteiger partial charge in [0.2, 0.25) is 0 Å². The molecule has 1 atom stereocenters. The lowest BCUT2D eigenvalue weighted by Gasteiger charge is -2.35. The summed E-state index contributed by atoms with van der Waals surface area (Å²) >= 11 is 0. The van der Waals surface area contributed by atoms with Gasteiger partial charge in [0.25, 0.3) is 0 Å². The van der Waals surface area contributed by atoms with Crippen molar-refractivity contribution in [2.45, 2.75) is 52.1 Å². The van der Waals surface area contributed by atoms with Gasteiger partial charge in [-0.15, -0.1) is 24.0 Å². The fourth-order valence-corrected chi connectivity index (χ4v) is 3.66. The van der Waals surface area contributed by atoms with Crippen LogP contribution >= 0.6 is 24.0 Å². The second kappa shape index (κ2) is 11.9. The van der Waals surface area contributed by atoms with Crippen LogP contribution in [0.2, 0.25) is 0 Å². The van der Waals surface area contributed by atoms with Gasteiger partial charge in [0, 0.05) is 38.3 Å². The van der Waals surface area contributed by atoms with Crippen molar-refractivity contribution in [3.63, 3.8) is 0 Å². The summed E-state index contributed by atoms with van der Waals surface area (Å²) in [6.45, 7) is 9.54. The first-order valence-corrected chi connectivity index (χ1v) is 10.5. The number of nitrogens with zero attached hydrogens (tertiary/aromatic N) is 2. The van der Waals surface area contributed by atoms with Crippen LogP contribution in [0.25, 0.3) is 0 Å². The molecule has 0 radical (unpaired) electrons. The van der Waals surface area contributed by atoms with Crippen molar-refractivity contribution in [2.75, 3.05) is 33.3 Å². The summed E-state index contributed by atoms with van der Waals surface area (Å²) in [5, 5.41) is 6.97. The van der Waals surface area contributed by atoms with Gasteiger partial charge in [-0.05, 0) is 64.0 Å². The van der Waals surface area contributed by atoms with Gasteiger partial charge in [-0.3, -0.25) is 4.99 Å². The first-order chi connectivity index (χ1) is 13.2. The lowest BCUT2D eigenvalue weighted by molar-refractivity contribution is 0.141. The summed E-state index contributed by atoms with van der Waals surface area (Å²) in [5.74, 6) is 3.32. The molecule has 1 saturated heterocycles. The van der Waals surface area contributed by atoms with Crippen LogP contribution in [0.1, 0.15) is 45.1 Å². The van der Waals surface area contributed by atoms with Crippen LogP contribution in [0.5, 0.6) is 5.75 Å². The molecular formula is C22H37IN4O. The SMILES string of the molecule is CN=C(NCc1ccccc1OCC1CC1)NCC1CCCN(C(C)C)C1.I. The molecule has 1 aromatic carbocycles. The second-order valence-electron chi connectivity index (χ2n) is 8.27. The minimum absolute atomic E-state index is 0. The minimum Gasteiger partial charge on any atom is -0.493 e. The van der Waals surface area contributed by atoms with Crippen LogP contribution in [0.15, 0.2) is 29.3 Å². The molecule has 1 saturated carbocycles. The van der Waals surface area contributed by atoms with Gasteiger partial charge in [-0.2, -0.15) is 0 Å². The highest BCUT2D eigenvalue weighted by atomic mass is 127. The highest BCUT2D eigenvalue weighted by Gasteiger charge is 2.23. The Labute approximate surface area is 187 Å². The number of ether oxygens (including phenoxy) is 1. The molecule has 3 rings (SSSR count). The van der Waals surface area contributed by atoms with Gasteiger partial charge in [0.15, 0.2) is 5.96 Å². The minimum atomic E-state index is 0. The molecule has 1 heterocycles. The van der Waals surface area contributed by atoms with Crippen molar-refractivity contribution in [2.24, 2.45) is 16.8 Å². The number of rotatable bonds is 8. The summed E-state index contributed by atoms with van der Waals surface area (Å²) in [6.07, 6.45) is 5.21. The van der Waals surface area contributed by atoms with Crippen LogP contribution in [0.3, 0.4) is 0 Å². The molecule has 0 spiro atoms. The van der Waals surface area contributed by atoms with E-state index in [2.05, 4.69) is 52.6 Å². The third kappa shape index (κ3) is 7.43. The predicted octanol–water partition coefficient (Wildman–Crippen LogP) is 3.88. The number of hydrogen-bond donors (Lipinski definition) is 2. The average molecular weight is 500 g/mol. The highest BCUT2D eigenvalue weighted by molar-refractivity contribution is 14.0. The molecule has 6 heteroatoms. The largest absolute Gasteiger partial charge is 0.493 e. The molecule has 2 aliphatic rings. The molecule has 1 unspecified atom stereocenters. The Kier molecular flexibility index (Phi) is 9.85. The maximum atomic E-state index is 6.01. The van der Waals surface area contributed by atoms with Gasteiger partial charge >= 0.3 is 0 Å². The molecule has 1 aromatic rings. The molecule has 1 aliphatic heterocycles. The fourth-order valence-electron chi connectivity index (χ4n) is 3.66. The summed E-state index contributed by atoms with van der Waals surface area (Å²) in [7, 11) is 1.84. The van der Waals surface area contributed by atoms with Gasteiger partial charge < -0.3 is 20.3 Å². The van der Waals surface area contributed by atoms with Gasteiger partial charge in [-0.25, -0.2) is 0 Å². The Balaban J connectivity index is 0.00000280. The van der Waals surface area contributed by atoms with Crippen molar-refractivity contribution in [3.8, 4) is 5.75 Å². The monoisotopic (exact) mass is 500 g/mol. The van der Waals surface area contributed by atoms with Crippen LogP contribution in [0.4, 0.5) is 0 Å². The van der Waals surface area contributed by atoms with Crippen LogP contribution in [0, 0.1) is 11.8 Å². The van der Waals surface area contributed by atoms with E-state index in [1.165, 1.54) is 44.3 Å². The van der Waals surface area contributed by atoms with Gasteiger partial charge in [0.05, 0.1) is 6.61 Å². The Morgan fingerprint density at radius 1 is 1.18 bits per heavy atom. The van der Waals surface area contributed by atoms with E-state index in [9.17, 15) is 0 Å². The molecular weight excluding hydrogens is 463 g/mol. The smallest absolute Gasteiger partial charge is 0.191 e. The van der Waals surface area contributed by atoms with Crippen LogP contribution in [-0.4, -0.2) is 50.2 Å². The van der Waals surface area contributed by atoms with Crippen LogP contribution < -0.4 is 15.4 Å². The zero-order chi connectivity index (χ0) is 19.1. The summed E-state index contributed by atoms with van der Waals surface area (Å²) < 4.78 is 6.01. The number of piperidine rings is 1. The number of guanidine groups is 1. The topological polar surface area (TPSA) is 48.9 Å². The molecule has 0 bridgehead atoms. The Hall–Kier alpha value is -1.02. The molecule has 2 N–H and O–H groups in total. The lowest BCUT2D eigenvalue weighted by atomic mass is 9.97. The first kappa shape index (κ1) is 23.3. The fraction of sp³-hybridized carbons (Fsp3) is 0.682. The number of aliphatic imine (C=N–C) groups is 1. The van der Waals surface area contributed by atoms with E-state index in [1.807, 2.05) is 13.1 Å². The predicted molar refractivity (Wildman–Crippen MR) is 128 cm³/mol. The summed E-state index contributed by atoms with van der Waals surface area (Å²) in [4.78, 5) is 6.98. The van der Waals surface area contributed by atoms with Crippen molar-refractivity contribution in [3.05, 3.63) is 29.8 Å². The Morgan fingerprint density at radius 2 is 1.96 bits per heavy atom. The van der Waals surface area contributed by atoms with E-state index in [4.69, 9.17) is 4.74 Å². The number of likely N-dealkylation sites (tertiary alicyclic amines) is 1. The molecule has 5 nitrogen and oxygen atoms in total. The molecule has 2 fully saturated rings. The Bertz CT molecular complexity index is 618. The van der Waals surface area contributed by atoms with Crippen molar-refractivity contribution in [1.82, 2.24) is 15.5 Å². The quantitative estimate of drug-likeness (QED) is 0.323. The molecule has 0 amide bonds. The molecule has 158 valence electrons. The first-order valence-electron chi connectivity index (χ1n) is 10.5. The number of hydrogen-bond acceptors (Lipinski definition) is 3. The standard InChI is InChI=1S/C22H36N4O.HI/c1-17(2)26-12-6-7-19(15-26)13-24-22(23-3)25-14-20-8-4-5-9-21(20)27-16-18-10-11-18;/h4-5,8-9,17-19H,6-7,10-16H2,1-3H3,(H2,23,24,25);1H. The van der Waals surface area contributed by atoms with Crippen molar-refractivity contribution < 1.29 is 4.74 Å². The lowest BCUT2D eigenvalue weighted by Crippen LogP contribution is -2.46. The van der Waals surface area contributed by atoms with E-state index in [1.54, 1.807) is 0 Å². The van der Waals surface area contributed by atoms with E-state index >= 15 is 0 Å². The number of nitrogens with one attached hydrogen (secondary N) is 2. The third-order valence-electron chi connectivity index (χ3n) is 5.65. The third-order valence-corrected chi connectivity index (χ3v) is 5.65. The number of benzene rings is 1. The normalized spacial score (nSPS) is 20.6. The van der Waals surface area contributed by atoms with E-state index in [0.717, 1.165) is 37.3 Å². The van der Waals surface area contributed by atoms with E-state index < -0.39 is 0 Å². The molecule has 1 aliphatic carbocycles. The maximum Gasteiger partial charge on any atom is 0.191 e. The highest BCUT2D eigenvalue weighted by Crippen LogP contribution is 2.30.